The molecule has 1 amide bonds. The second-order valence-corrected chi connectivity index (χ2v) is 5.23. The fourth-order valence-electron chi connectivity index (χ4n) is 1.85. The molecule has 0 heterocycles. The molecule has 4 heteroatoms. The highest BCUT2D eigenvalue weighted by atomic mass is 16.1. The molecular formula is C16H23N3O. The Morgan fingerprint density at radius 2 is 2.00 bits per heavy atom. The first-order valence-corrected chi connectivity index (χ1v) is 7.05. The van der Waals surface area contributed by atoms with Gasteiger partial charge in [0.1, 0.15) is 0 Å². The zero-order valence-electron chi connectivity index (χ0n) is 12.2. The van der Waals surface area contributed by atoms with Crippen LogP contribution < -0.4 is 10.6 Å². The van der Waals surface area contributed by atoms with Gasteiger partial charge in [0, 0.05) is 25.6 Å². The summed E-state index contributed by atoms with van der Waals surface area (Å²) in [6, 6.07) is 12.0. The molecule has 0 bridgehead atoms. The Labute approximate surface area is 121 Å². The molecule has 0 aliphatic carbocycles. The van der Waals surface area contributed by atoms with E-state index in [2.05, 4.69) is 30.6 Å². The van der Waals surface area contributed by atoms with E-state index in [1.54, 1.807) is 0 Å². The van der Waals surface area contributed by atoms with Gasteiger partial charge in [-0.15, -0.1) is 0 Å². The van der Waals surface area contributed by atoms with Gasteiger partial charge in [0.05, 0.1) is 12.5 Å². The number of carbonyl (C=O) groups is 1. The third kappa shape index (κ3) is 6.35. The Kier molecular flexibility index (Phi) is 7.38. The van der Waals surface area contributed by atoms with Gasteiger partial charge in [-0.1, -0.05) is 44.2 Å². The summed E-state index contributed by atoms with van der Waals surface area (Å²) in [4.78, 5) is 11.6. The molecule has 1 rings (SSSR count). The first-order chi connectivity index (χ1) is 9.63. The number of hydrogen-bond donors (Lipinski definition) is 2. The van der Waals surface area contributed by atoms with Crippen LogP contribution in [0.2, 0.25) is 0 Å². The second-order valence-electron chi connectivity index (χ2n) is 5.23. The number of hydrogen-bond acceptors (Lipinski definition) is 3. The van der Waals surface area contributed by atoms with Crippen LogP contribution in [0.1, 0.15) is 38.3 Å². The maximum atomic E-state index is 11.6. The molecule has 0 saturated carbocycles. The van der Waals surface area contributed by atoms with Crippen molar-refractivity contribution in [1.82, 2.24) is 10.6 Å². The molecule has 1 aromatic carbocycles. The van der Waals surface area contributed by atoms with E-state index < -0.39 is 0 Å². The van der Waals surface area contributed by atoms with E-state index in [1.165, 1.54) is 0 Å². The fraction of sp³-hybridized carbons (Fsp3) is 0.500. The molecule has 2 N–H and O–H groups in total. The van der Waals surface area contributed by atoms with E-state index >= 15 is 0 Å². The molecule has 4 nitrogen and oxygen atoms in total. The Balaban J connectivity index is 2.37. The molecule has 1 atom stereocenters. The largest absolute Gasteiger partial charge is 0.356 e. The number of carbonyl (C=O) groups excluding carboxylic acids is 1. The van der Waals surface area contributed by atoms with Crippen molar-refractivity contribution in [2.75, 3.05) is 13.1 Å². The van der Waals surface area contributed by atoms with Crippen molar-refractivity contribution < 1.29 is 4.79 Å². The molecule has 0 spiro atoms. The van der Waals surface area contributed by atoms with Crippen molar-refractivity contribution in [2.45, 2.75) is 32.7 Å². The summed E-state index contributed by atoms with van der Waals surface area (Å²) in [5.74, 6) is 0.512. The molecule has 1 aromatic rings. The molecule has 20 heavy (non-hydrogen) atoms. The van der Waals surface area contributed by atoms with Gasteiger partial charge in [0.15, 0.2) is 0 Å². The highest BCUT2D eigenvalue weighted by Crippen LogP contribution is 2.15. The van der Waals surface area contributed by atoms with Crippen molar-refractivity contribution in [3.8, 4) is 6.07 Å². The molecule has 0 saturated heterocycles. The summed E-state index contributed by atoms with van der Waals surface area (Å²) >= 11 is 0. The maximum Gasteiger partial charge on any atom is 0.221 e. The lowest BCUT2D eigenvalue weighted by Gasteiger charge is -2.16. The van der Waals surface area contributed by atoms with Crippen LogP contribution >= 0.6 is 0 Å². The Morgan fingerprint density at radius 3 is 2.60 bits per heavy atom. The monoisotopic (exact) mass is 273 g/mol. The lowest BCUT2D eigenvalue weighted by Crippen LogP contribution is -2.31. The van der Waals surface area contributed by atoms with E-state index in [0.717, 1.165) is 5.56 Å². The van der Waals surface area contributed by atoms with Gasteiger partial charge in [0.2, 0.25) is 5.91 Å². The highest BCUT2D eigenvalue weighted by molar-refractivity contribution is 5.76. The smallest absolute Gasteiger partial charge is 0.221 e. The van der Waals surface area contributed by atoms with Gasteiger partial charge in [0.25, 0.3) is 0 Å². The lowest BCUT2D eigenvalue weighted by atomic mass is 10.0. The normalized spacial score (nSPS) is 11.9. The van der Waals surface area contributed by atoms with Crippen molar-refractivity contribution in [2.24, 2.45) is 5.92 Å². The predicted molar refractivity (Wildman–Crippen MR) is 79.9 cm³/mol. The number of nitriles is 1. The Bertz CT molecular complexity index is 437. The molecule has 0 aliphatic rings. The van der Waals surface area contributed by atoms with Crippen LogP contribution in [-0.2, 0) is 4.79 Å². The van der Waals surface area contributed by atoms with Crippen LogP contribution in [-0.4, -0.2) is 19.0 Å². The Hall–Kier alpha value is -1.86. The number of nitrogens with zero attached hydrogens (tertiary/aromatic N) is 1. The van der Waals surface area contributed by atoms with Crippen molar-refractivity contribution in [1.29, 1.82) is 5.26 Å². The van der Waals surface area contributed by atoms with Crippen LogP contribution in [0.5, 0.6) is 0 Å². The first-order valence-electron chi connectivity index (χ1n) is 7.05. The van der Waals surface area contributed by atoms with E-state index in [1.807, 2.05) is 30.3 Å². The topological polar surface area (TPSA) is 64.9 Å². The van der Waals surface area contributed by atoms with Crippen LogP contribution in [0.15, 0.2) is 30.3 Å². The van der Waals surface area contributed by atoms with E-state index in [-0.39, 0.29) is 11.9 Å². The third-order valence-corrected chi connectivity index (χ3v) is 2.95. The average Bonchev–Trinajstić information content (AvgIpc) is 2.45. The zero-order valence-corrected chi connectivity index (χ0v) is 12.2. The fourth-order valence-corrected chi connectivity index (χ4v) is 1.85. The number of amides is 1. The van der Waals surface area contributed by atoms with Gasteiger partial charge in [-0.25, -0.2) is 0 Å². The summed E-state index contributed by atoms with van der Waals surface area (Å²) in [5, 5.41) is 15.0. The van der Waals surface area contributed by atoms with Gasteiger partial charge >= 0.3 is 0 Å². The summed E-state index contributed by atoms with van der Waals surface area (Å²) < 4.78 is 0. The van der Waals surface area contributed by atoms with Gasteiger partial charge < -0.3 is 10.6 Å². The van der Waals surface area contributed by atoms with Gasteiger partial charge in [-0.05, 0) is 11.5 Å². The van der Waals surface area contributed by atoms with Crippen LogP contribution in [0.3, 0.4) is 0 Å². The van der Waals surface area contributed by atoms with Crippen molar-refractivity contribution in [3.05, 3.63) is 35.9 Å². The van der Waals surface area contributed by atoms with Crippen LogP contribution in [0.25, 0.3) is 0 Å². The molecule has 0 fully saturated rings. The van der Waals surface area contributed by atoms with Crippen molar-refractivity contribution in [3.63, 3.8) is 0 Å². The van der Waals surface area contributed by atoms with Gasteiger partial charge in [-0.3, -0.25) is 4.79 Å². The average molecular weight is 273 g/mol. The summed E-state index contributed by atoms with van der Waals surface area (Å²) in [6.45, 7) is 5.41. The minimum atomic E-state index is -0.0147. The molecule has 0 radical (unpaired) electrons. The first kappa shape index (κ1) is 16.2. The van der Waals surface area contributed by atoms with Crippen molar-refractivity contribution >= 4 is 5.91 Å². The zero-order chi connectivity index (χ0) is 14.8. The number of rotatable bonds is 8. The lowest BCUT2D eigenvalue weighted by molar-refractivity contribution is -0.121. The van der Waals surface area contributed by atoms with Gasteiger partial charge in [-0.2, -0.15) is 5.26 Å². The van der Waals surface area contributed by atoms with E-state index in [0.29, 0.717) is 31.8 Å². The molecular weight excluding hydrogens is 250 g/mol. The predicted octanol–water partition coefficient (Wildman–Crippen LogP) is 2.39. The quantitative estimate of drug-likeness (QED) is 0.764. The van der Waals surface area contributed by atoms with Crippen LogP contribution in [0.4, 0.5) is 0 Å². The molecule has 1 unspecified atom stereocenters. The highest BCUT2D eigenvalue weighted by Gasteiger charge is 2.10. The molecule has 0 aliphatic heterocycles. The summed E-state index contributed by atoms with van der Waals surface area (Å²) in [6.07, 6.45) is 0.832. The van der Waals surface area contributed by atoms with E-state index in [4.69, 9.17) is 5.26 Å². The Morgan fingerprint density at radius 1 is 1.30 bits per heavy atom. The van der Waals surface area contributed by atoms with E-state index in [9.17, 15) is 4.79 Å². The summed E-state index contributed by atoms with van der Waals surface area (Å²) in [7, 11) is 0. The minimum Gasteiger partial charge on any atom is -0.356 e. The van der Waals surface area contributed by atoms with Crippen LogP contribution in [0, 0.1) is 17.2 Å². The maximum absolute atomic E-state index is 11.6. The standard InChI is InChI=1S/C16H23N3O/c1-13(2)12-19-16(20)9-11-18-15(8-10-17)14-6-4-3-5-7-14/h3-7,13,15,18H,8-9,11-12H2,1-2H3,(H,19,20). The third-order valence-electron chi connectivity index (χ3n) is 2.95. The SMILES string of the molecule is CC(C)CNC(=O)CCNC(CC#N)c1ccccc1. The summed E-state index contributed by atoms with van der Waals surface area (Å²) in [5.41, 5.74) is 1.08. The number of nitrogens with one attached hydrogen (secondary N) is 2. The molecule has 0 aromatic heterocycles. The number of benzene rings is 1. The second kappa shape index (κ2) is 9.11. The molecule has 108 valence electrons. The minimum absolute atomic E-state index is 0.0147.